The third-order valence-electron chi connectivity index (χ3n) is 5.26. The lowest BCUT2D eigenvalue weighted by atomic mass is 10.1. The molecule has 2 aromatic carbocycles. The molecule has 4 rings (SSSR count). The molecule has 0 bridgehead atoms. The molecule has 8 heteroatoms. The largest absolute Gasteiger partial charge is 0.458 e. The zero-order valence-corrected chi connectivity index (χ0v) is 18.2. The van der Waals surface area contributed by atoms with Crippen LogP contribution in [-0.4, -0.2) is 41.2 Å². The predicted molar refractivity (Wildman–Crippen MR) is 123 cm³/mol. The van der Waals surface area contributed by atoms with Gasteiger partial charge in [0, 0.05) is 25.0 Å². The van der Waals surface area contributed by atoms with Gasteiger partial charge >= 0.3 is 12.1 Å². The number of carbonyl (C=O) groups excluding carboxylic acids is 2. The van der Waals surface area contributed by atoms with Gasteiger partial charge in [0.1, 0.15) is 11.5 Å². The van der Waals surface area contributed by atoms with Crippen LogP contribution in [0.1, 0.15) is 18.1 Å². The summed E-state index contributed by atoms with van der Waals surface area (Å²) in [5.41, 5.74) is 2.88. The minimum absolute atomic E-state index is 0.299. The van der Waals surface area contributed by atoms with Crippen molar-refractivity contribution in [2.75, 3.05) is 18.4 Å². The summed E-state index contributed by atoms with van der Waals surface area (Å²) in [6, 6.07) is 14.6. The Kier molecular flexibility index (Phi) is 6.30. The number of allylic oxidation sites excluding steroid dienone is 1. The van der Waals surface area contributed by atoms with E-state index < -0.39 is 12.3 Å². The fraction of sp³-hybridized carbons (Fsp3) is 0.250. The van der Waals surface area contributed by atoms with Gasteiger partial charge < -0.3 is 15.4 Å². The third kappa shape index (κ3) is 4.85. The van der Waals surface area contributed by atoms with Crippen molar-refractivity contribution >= 4 is 17.7 Å². The van der Waals surface area contributed by atoms with Crippen molar-refractivity contribution in [3.8, 4) is 5.75 Å². The summed E-state index contributed by atoms with van der Waals surface area (Å²) < 4.78 is 5.84. The summed E-state index contributed by atoms with van der Waals surface area (Å²) in [7, 11) is 0. The summed E-state index contributed by atoms with van der Waals surface area (Å²) in [4.78, 5) is 28.3. The van der Waals surface area contributed by atoms with Crippen LogP contribution in [0.4, 0.5) is 15.3 Å². The number of carbonyl (C=O) groups is 2. The predicted octanol–water partition coefficient (Wildman–Crippen LogP) is 3.74. The number of nitrogens with one attached hydrogen (secondary N) is 3. The van der Waals surface area contributed by atoms with Gasteiger partial charge in [0.15, 0.2) is 6.29 Å². The third-order valence-corrected chi connectivity index (χ3v) is 5.26. The SMILES string of the molecule is CCN1C(=O)NC(Nc2ccc(OC3=CCNC=C3)cc2)N(Cc2ccc(C)cc2)C1=O. The van der Waals surface area contributed by atoms with Crippen LogP contribution < -0.4 is 20.7 Å². The maximum Gasteiger partial charge on any atom is 0.331 e. The van der Waals surface area contributed by atoms with Gasteiger partial charge in [0.2, 0.25) is 0 Å². The molecule has 0 spiro atoms. The molecule has 8 nitrogen and oxygen atoms in total. The number of rotatable bonds is 7. The number of nitrogens with zero attached hydrogens (tertiary/aromatic N) is 2. The Morgan fingerprint density at radius 1 is 1.09 bits per heavy atom. The number of aryl methyl sites for hydroxylation is 1. The lowest BCUT2D eigenvalue weighted by Crippen LogP contribution is -2.66. The Labute approximate surface area is 187 Å². The van der Waals surface area contributed by atoms with Crippen LogP contribution in [0.15, 0.2) is 72.6 Å². The summed E-state index contributed by atoms with van der Waals surface area (Å²) in [5.74, 6) is 1.48. The summed E-state index contributed by atoms with van der Waals surface area (Å²) in [6.45, 7) is 5.19. The van der Waals surface area contributed by atoms with E-state index in [1.54, 1.807) is 11.8 Å². The minimum atomic E-state index is -0.680. The number of hydrogen-bond donors (Lipinski definition) is 3. The Morgan fingerprint density at radius 3 is 2.50 bits per heavy atom. The van der Waals surface area contributed by atoms with Gasteiger partial charge in [-0.3, -0.25) is 10.2 Å². The number of urea groups is 2. The zero-order chi connectivity index (χ0) is 22.5. The number of ether oxygens (including phenoxy) is 1. The van der Waals surface area contributed by atoms with Gasteiger partial charge in [0.25, 0.3) is 0 Å². The van der Waals surface area contributed by atoms with E-state index in [-0.39, 0.29) is 6.03 Å². The van der Waals surface area contributed by atoms with Crippen LogP contribution in [0.25, 0.3) is 0 Å². The molecule has 166 valence electrons. The molecule has 0 aromatic heterocycles. The maximum atomic E-state index is 13.0. The summed E-state index contributed by atoms with van der Waals surface area (Å²) >= 11 is 0. The van der Waals surface area contributed by atoms with Crippen LogP contribution in [0.3, 0.4) is 0 Å². The quantitative estimate of drug-likeness (QED) is 0.619. The monoisotopic (exact) mass is 433 g/mol. The van der Waals surface area contributed by atoms with Gasteiger partial charge in [-0.25, -0.2) is 14.5 Å². The first-order valence-electron chi connectivity index (χ1n) is 10.6. The van der Waals surface area contributed by atoms with E-state index in [2.05, 4.69) is 16.0 Å². The number of dihydropyridines is 1. The molecule has 32 heavy (non-hydrogen) atoms. The first kappa shape index (κ1) is 21.3. The van der Waals surface area contributed by atoms with Crippen molar-refractivity contribution in [1.29, 1.82) is 0 Å². The number of amides is 4. The lowest BCUT2D eigenvalue weighted by Gasteiger charge is -2.41. The van der Waals surface area contributed by atoms with E-state index in [0.717, 1.165) is 29.1 Å². The normalized spacial score (nSPS) is 18.1. The van der Waals surface area contributed by atoms with Crippen molar-refractivity contribution in [2.45, 2.75) is 26.7 Å². The minimum Gasteiger partial charge on any atom is -0.458 e. The van der Waals surface area contributed by atoms with Gasteiger partial charge in [-0.1, -0.05) is 29.8 Å². The highest BCUT2D eigenvalue weighted by atomic mass is 16.5. The van der Waals surface area contributed by atoms with Crippen molar-refractivity contribution in [3.05, 3.63) is 83.8 Å². The molecule has 4 amide bonds. The van der Waals surface area contributed by atoms with Gasteiger partial charge in [-0.2, -0.15) is 0 Å². The molecule has 2 aliphatic rings. The molecule has 1 atom stereocenters. The average Bonchev–Trinajstić information content (AvgIpc) is 2.80. The summed E-state index contributed by atoms with van der Waals surface area (Å²) in [5, 5.41) is 9.21. The Bertz CT molecular complexity index is 1030. The molecule has 1 unspecified atom stereocenters. The molecule has 1 saturated heterocycles. The second-order valence-corrected chi connectivity index (χ2v) is 7.61. The van der Waals surface area contributed by atoms with Crippen molar-refractivity contribution in [3.63, 3.8) is 0 Å². The van der Waals surface area contributed by atoms with E-state index in [1.165, 1.54) is 4.90 Å². The smallest absolute Gasteiger partial charge is 0.331 e. The first-order chi connectivity index (χ1) is 15.5. The first-order valence-corrected chi connectivity index (χ1v) is 10.6. The Morgan fingerprint density at radius 2 is 1.84 bits per heavy atom. The van der Waals surface area contributed by atoms with E-state index in [9.17, 15) is 9.59 Å². The second kappa shape index (κ2) is 9.47. The molecule has 2 aromatic rings. The Balaban J connectivity index is 1.49. The molecule has 2 heterocycles. The molecular weight excluding hydrogens is 406 g/mol. The average molecular weight is 434 g/mol. The molecule has 0 saturated carbocycles. The number of imide groups is 1. The molecule has 3 N–H and O–H groups in total. The van der Waals surface area contributed by atoms with E-state index in [0.29, 0.717) is 18.8 Å². The fourth-order valence-corrected chi connectivity index (χ4v) is 3.49. The highest BCUT2D eigenvalue weighted by Gasteiger charge is 2.37. The standard InChI is InChI=1S/C24H27N5O3/c1-3-28-23(30)27-22(29(24(28)31)16-18-6-4-17(2)5-7-18)26-19-8-10-20(11-9-19)32-21-12-14-25-15-13-21/h4-14,22,25-26H,3,15-16H2,1-2H3,(H,27,30). The number of benzene rings is 2. The fourth-order valence-electron chi connectivity index (χ4n) is 3.49. The van der Waals surface area contributed by atoms with Crippen molar-refractivity contribution in [2.24, 2.45) is 0 Å². The van der Waals surface area contributed by atoms with E-state index in [4.69, 9.17) is 4.74 Å². The van der Waals surface area contributed by atoms with E-state index >= 15 is 0 Å². The molecular formula is C24H27N5O3. The van der Waals surface area contributed by atoms with Crippen molar-refractivity contribution < 1.29 is 14.3 Å². The second-order valence-electron chi connectivity index (χ2n) is 7.61. The highest BCUT2D eigenvalue weighted by molar-refractivity contribution is 5.96. The van der Waals surface area contributed by atoms with Gasteiger partial charge in [0.05, 0.1) is 6.54 Å². The lowest BCUT2D eigenvalue weighted by molar-refractivity contribution is 0.108. The zero-order valence-electron chi connectivity index (χ0n) is 18.2. The van der Waals surface area contributed by atoms with Crippen LogP contribution in [0, 0.1) is 6.92 Å². The summed E-state index contributed by atoms with van der Waals surface area (Å²) in [6.07, 6.45) is 4.98. The highest BCUT2D eigenvalue weighted by Crippen LogP contribution is 2.22. The molecule has 1 fully saturated rings. The molecule has 2 aliphatic heterocycles. The molecule has 0 radical (unpaired) electrons. The van der Waals surface area contributed by atoms with Crippen molar-refractivity contribution in [1.82, 2.24) is 20.4 Å². The van der Waals surface area contributed by atoms with Gasteiger partial charge in [-0.05, 0) is 55.8 Å². The van der Waals surface area contributed by atoms with Crippen LogP contribution in [0.5, 0.6) is 5.75 Å². The maximum absolute atomic E-state index is 13.0. The van der Waals surface area contributed by atoms with Crippen LogP contribution >= 0.6 is 0 Å². The van der Waals surface area contributed by atoms with Crippen LogP contribution in [-0.2, 0) is 6.54 Å². The van der Waals surface area contributed by atoms with E-state index in [1.807, 2.05) is 73.8 Å². The Hall–Kier alpha value is -3.94. The topological polar surface area (TPSA) is 85.9 Å². The molecule has 0 aliphatic carbocycles. The van der Waals surface area contributed by atoms with Crippen LogP contribution in [0.2, 0.25) is 0 Å². The van der Waals surface area contributed by atoms with Gasteiger partial charge in [-0.15, -0.1) is 0 Å². The number of anilines is 1. The number of hydrogen-bond acceptors (Lipinski definition) is 5.